The van der Waals surface area contributed by atoms with E-state index in [-0.39, 0.29) is 0 Å². The summed E-state index contributed by atoms with van der Waals surface area (Å²) in [5.41, 5.74) is 1.24. The highest BCUT2D eigenvalue weighted by Gasteiger charge is 2.09. The zero-order valence-electron chi connectivity index (χ0n) is 14.9. The fraction of sp³-hybridized carbons (Fsp3) is 0. The molecule has 0 amide bonds. The summed E-state index contributed by atoms with van der Waals surface area (Å²) in [7, 11) is -5.17. The highest BCUT2D eigenvalue weighted by molar-refractivity contribution is 7.79. The maximum atomic E-state index is 8.66. The van der Waals surface area contributed by atoms with E-state index in [1.165, 1.54) is 0 Å². The molecular weight excluding hydrogens is 392 g/mol. The van der Waals surface area contributed by atoms with Gasteiger partial charge in [0.2, 0.25) is 10.8 Å². The number of rotatable bonds is 0. The van der Waals surface area contributed by atoms with E-state index in [0.29, 0.717) is 11.4 Å². The van der Waals surface area contributed by atoms with Crippen molar-refractivity contribution in [2.24, 2.45) is 0 Å². The zero-order chi connectivity index (χ0) is 21.3. The summed E-state index contributed by atoms with van der Waals surface area (Å²) in [6, 6.07) is 26.9. The second-order valence-electron chi connectivity index (χ2n) is 5.60. The van der Waals surface area contributed by atoms with Gasteiger partial charge < -0.3 is 9.11 Å². The Morgan fingerprint density at radius 2 is 0.897 bits per heavy atom. The molecule has 8 nitrogen and oxygen atoms in total. The monoisotopic (exact) mass is 406 g/mol. The predicted molar refractivity (Wildman–Crippen MR) is 108 cm³/mol. The van der Waals surface area contributed by atoms with E-state index < -0.39 is 10.4 Å². The number of fused-ring (bicyclic) bond motifs is 2. The summed E-state index contributed by atoms with van der Waals surface area (Å²) < 4.78 is 34.1. The van der Waals surface area contributed by atoms with Gasteiger partial charge in [0.05, 0.1) is 10.8 Å². The molecule has 0 fully saturated rings. The van der Waals surface area contributed by atoms with Crippen LogP contribution in [-0.4, -0.2) is 17.5 Å². The second-order valence-corrected chi connectivity index (χ2v) is 6.42. The van der Waals surface area contributed by atoms with Crippen LogP contribution in [-0.2, 0) is 10.4 Å². The summed E-state index contributed by atoms with van der Waals surface area (Å²) in [5.74, 6) is 0. The predicted octanol–water partition coefficient (Wildman–Crippen LogP) is 5.31. The topological polar surface area (TPSA) is 137 Å². The molecule has 0 aliphatic carbocycles. The molecular formula is C20H14N4O4S. The second kappa shape index (κ2) is 9.88. The van der Waals surface area contributed by atoms with Crippen molar-refractivity contribution in [1.82, 2.24) is 0 Å². The average Bonchev–Trinajstić information content (AvgIpc) is 2.72. The van der Waals surface area contributed by atoms with Crippen LogP contribution in [0.15, 0.2) is 84.9 Å². The van der Waals surface area contributed by atoms with Crippen LogP contribution < -0.4 is 0 Å². The van der Waals surface area contributed by atoms with E-state index in [1.807, 2.05) is 72.8 Å². The molecule has 4 rings (SSSR count). The molecule has 144 valence electrons. The van der Waals surface area contributed by atoms with Gasteiger partial charge in [-0.3, -0.25) is 8.42 Å². The van der Waals surface area contributed by atoms with Gasteiger partial charge in [-0.2, -0.15) is 0 Å². The molecule has 0 saturated carbocycles. The third kappa shape index (κ3) is 6.65. The molecule has 0 N–H and O–H groups in total. The average molecular weight is 406 g/mol. The number of nitrogens with zero attached hydrogens (tertiary/aromatic N) is 4. The molecule has 4 aromatic rings. The van der Waals surface area contributed by atoms with Crippen molar-refractivity contribution in [3.05, 3.63) is 94.9 Å². The van der Waals surface area contributed by atoms with E-state index in [9.17, 15) is 0 Å². The Morgan fingerprint density at radius 3 is 1.24 bits per heavy atom. The molecule has 9 heteroatoms. The van der Waals surface area contributed by atoms with Crippen LogP contribution >= 0.6 is 0 Å². The van der Waals surface area contributed by atoms with E-state index in [1.54, 1.807) is 12.1 Å². The van der Waals surface area contributed by atoms with Gasteiger partial charge in [-0.05, 0) is 22.9 Å². The van der Waals surface area contributed by atoms with Crippen molar-refractivity contribution in [3.8, 4) is 0 Å². The lowest BCUT2D eigenvalue weighted by Gasteiger charge is -2.06. The van der Waals surface area contributed by atoms with Gasteiger partial charge in [-0.25, -0.2) is 0 Å². The summed E-state index contributed by atoms with van der Waals surface area (Å²) >= 11 is 0. The number of diazo groups is 2. The van der Waals surface area contributed by atoms with Crippen molar-refractivity contribution in [1.29, 1.82) is 10.8 Å². The summed E-state index contributed by atoms with van der Waals surface area (Å²) in [5, 5.41) is 21.5. The molecule has 0 saturated heterocycles. The zero-order valence-corrected chi connectivity index (χ0v) is 15.7. The largest absolute Gasteiger partial charge is 0.759 e. The Balaban J connectivity index is 0.000000170. The minimum Gasteiger partial charge on any atom is -0.759 e. The molecule has 0 unspecified atom stereocenters. The summed E-state index contributed by atoms with van der Waals surface area (Å²) in [6.45, 7) is 0. The fourth-order valence-electron chi connectivity index (χ4n) is 2.59. The van der Waals surface area contributed by atoms with Crippen LogP contribution in [0.25, 0.3) is 31.5 Å². The van der Waals surface area contributed by atoms with Gasteiger partial charge in [0, 0.05) is 22.5 Å². The van der Waals surface area contributed by atoms with E-state index in [0.717, 1.165) is 21.5 Å². The molecule has 29 heavy (non-hydrogen) atoms. The van der Waals surface area contributed by atoms with Gasteiger partial charge in [0.25, 0.3) is 0 Å². The lowest BCUT2D eigenvalue weighted by molar-refractivity contribution is 0.352. The Labute approximate surface area is 166 Å². The standard InChI is InChI=1S/2C10H7N2.H2O4S/c2*11-12-10-7-3-5-8-4-1-2-6-9(8)10;1-5(2,3)4/h2*1-7H;(H2,1,2,3,4)/q2*+1;/p-2. The molecule has 0 aromatic heterocycles. The van der Waals surface area contributed by atoms with Gasteiger partial charge in [0.15, 0.2) is 9.95 Å². The van der Waals surface area contributed by atoms with Crippen LogP contribution in [0.4, 0.5) is 11.4 Å². The Hall–Kier alpha value is -3.89. The maximum Gasteiger partial charge on any atom is 0.392 e. The van der Waals surface area contributed by atoms with Gasteiger partial charge >= 0.3 is 11.4 Å². The highest BCUT2D eigenvalue weighted by atomic mass is 32.3. The number of benzene rings is 4. The first-order valence-electron chi connectivity index (χ1n) is 8.16. The van der Waals surface area contributed by atoms with E-state index in [4.69, 9.17) is 28.3 Å². The van der Waals surface area contributed by atoms with E-state index >= 15 is 0 Å². The quantitative estimate of drug-likeness (QED) is 0.220. The number of hydrogen-bond acceptors (Lipinski definition) is 6. The molecule has 4 aromatic carbocycles. The first kappa shape index (κ1) is 21.4. The van der Waals surface area contributed by atoms with Crippen LogP contribution in [0.3, 0.4) is 0 Å². The third-order valence-corrected chi connectivity index (χ3v) is 3.75. The molecule has 0 bridgehead atoms. The van der Waals surface area contributed by atoms with Crippen molar-refractivity contribution in [2.75, 3.05) is 0 Å². The lowest BCUT2D eigenvalue weighted by atomic mass is 10.1. The molecule has 0 radical (unpaired) electrons. The molecule has 0 aliphatic heterocycles. The maximum absolute atomic E-state index is 8.66. The normalized spacial score (nSPS) is 9.93. The van der Waals surface area contributed by atoms with E-state index in [2.05, 4.69) is 9.95 Å². The first-order chi connectivity index (χ1) is 13.8. The van der Waals surface area contributed by atoms with Crippen LogP contribution in [0.2, 0.25) is 0 Å². The van der Waals surface area contributed by atoms with Crippen LogP contribution in [0, 0.1) is 10.8 Å². The van der Waals surface area contributed by atoms with Crippen molar-refractivity contribution in [3.63, 3.8) is 0 Å². The number of hydrogen-bond donors (Lipinski definition) is 0. The lowest BCUT2D eigenvalue weighted by Crippen LogP contribution is -1.91. The minimum absolute atomic E-state index is 0.619. The molecule has 0 spiro atoms. The Morgan fingerprint density at radius 1 is 0.586 bits per heavy atom. The fourth-order valence-corrected chi connectivity index (χ4v) is 2.59. The van der Waals surface area contributed by atoms with Gasteiger partial charge in [0.1, 0.15) is 0 Å². The molecule has 0 atom stereocenters. The Bertz CT molecular complexity index is 1220. The summed E-state index contributed by atoms with van der Waals surface area (Å²) in [6.07, 6.45) is 0. The minimum atomic E-state index is -5.17. The Kier molecular flexibility index (Phi) is 7.29. The van der Waals surface area contributed by atoms with Crippen molar-refractivity contribution in [2.45, 2.75) is 0 Å². The smallest absolute Gasteiger partial charge is 0.392 e. The van der Waals surface area contributed by atoms with Gasteiger partial charge in [-0.1, -0.05) is 60.7 Å². The SMILES string of the molecule is N#[N+]c1cccc2ccccc12.N#[N+]c1cccc2ccccc12.O=S(=O)([O-])[O-]. The highest BCUT2D eigenvalue weighted by Crippen LogP contribution is 2.25. The third-order valence-electron chi connectivity index (χ3n) is 3.75. The van der Waals surface area contributed by atoms with Crippen LogP contribution in [0.1, 0.15) is 0 Å². The van der Waals surface area contributed by atoms with Gasteiger partial charge in [-0.15, -0.1) is 0 Å². The molecule has 0 aliphatic rings. The molecule has 0 heterocycles. The summed E-state index contributed by atoms with van der Waals surface area (Å²) in [4.78, 5) is 6.40. The first-order valence-corrected chi connectivity index (χ1v) is 9.49. The van der Waals surface area contributed by atoms with Crippen molar-refractivity contribution < 1.29 is 17.5 Å². The van der Waals surface area contributed by atoms with Crippen molar-refractivity contribution >= 4 is 43.3 Å². The van der Waals surface area contributed by atoms with Crippen LogP contribution in [0.5, 0.6) is 0 Å².